The molecule has 0 aliphatic heterocycles. The predicted octanol–water partition coefficient (Wildman–Crippen LogP) is 3.71. The molecule has 0 aliphatic carbocycles. The van der Waals surface area contributed by atoms with Gasteiger partial charge in [-0.2, -0.15) is 0 Å². The van der Waals surface area contributed by atoms with Gasteiger partial charge < -0.3 is 5.32 Å². The molecule has 1 N–H and O–H groups in total. The number of para-hydroxylation sites is 1. The van der Waals surface area contributed by atoms with Crippen LogP contribution in [0, 0.1) is 11.6 Å². The van der Waals surface area contributed by atoms with Crippen molar-refractivity contribution in [2.45, 2.75) is 0 Å². The van der Waals surface area contributed by atoms with Gasteiger partial charge in [-0.1, -0.05) is 18.2 Å². The third-order valence-corrected chi connectivity index (χ3v) is 1.93. The van der Waals surface area contributed by atoms with Crippen LogP contribution in [0.2, 0.25) is 0 Å². The molecule has 2 rings (SSSR count). The lowest BCUT2D eigenvalue weighted by Crippen LogP contribution is -1.91. The Labute approximate surface area is 86.4 Å². The Kier molecular flexibility index (Phi) is 2.63. The lowest BCUT2D eigenvalue weighted by Gasteiger charge is -2.06. The van der Waals surface area contributed by atoms with E-state index in [0.717, 1.165) is 11.8 Å². The van der Waals surface area contributed by atoms with Gasteiger partial charge in [0.15, 0.2) is 0 Å². The molecule has 0 fully saturated rings. The van der Waals surface area contributed by atoms with E-state index in [-0.39, 0.29) is 0 Å². The lowest BCUT2D eigenvalue weighted by molar-refractivity contribution is 0.584. The summed E-state index contributed by atoms with van der Waals surface area (Å²) < 4.78 is 25.7. The zero-order chi connectivity index (χ0) is 10.7. The molecule has 0 aliphatic rings. The van der Waals surface area contributed by atoms with E-state index in [1.165, 1.54) is 12.1 Å². The molecule has 0 spiro atoms. The minimum absolute atomic E-state index is 0.402. The Morgan fingerprint density at radius 2 is 1.33 bits per heavy atom. The molecule has 0 saturated carbocycles. The largest absolute Gasteiger partial charge is 0.355 e. The predicted molar refractivity (Wildman–Crippen MR) is 56.1 cm³/mol. The van der Waals surface area contributed by atoms with Crippen molar-refractivity contribution in [3.63, 3.8) is 0 Å². The highest BCUT2D eigenvalue weighted by molar-refractivity contribution is 5.59. The highest BCUT2D eigenvalue weighted by Gasteiger charge is 2.00. The standard InChI is InChI=1S/C12H9F2N/c13-9-6-10(14)8-12(7-9)15-11-4-2-1-3-5-11/h1-8,15H. The molecule has 2 aromatic rings. The molecular weight excluding hydrogens is 196 g/mol. The molecule has 3 heteroatoms. The number of hydrogen-bond donors (Lipinski definition) is 1. The Bertz CT molecular complexity index is 434. The van der Waals surface area contributed by atoms with Crippen LogP contribution in [0.5, 0.6) is 0 Å². The van der Waals surface area contributed by atoms with Gasteiger partial charge in [0, 0.05) is 17.4 Å². The van der Waals surface area contributed by atoms with E-state index in [9.17, 15) is 8.78 Å². The van der Waals surface area contributed by atoms with Gasteiger partial charge in [0.2, 0.25) is 0 Å². The topological polar surface area (TPSA) is 12.0 Å². The summed E-state index contributed by atoms with van der Waals surface area (Å²) in [6, 6.07) is 12.5. The molecule has 0 heterocycles. The number of hydrogen-bond acceptors (Lipinski definition) is 1. The van der Waals surface area contributed by atoms with E-state index in [0.29, 0.717) is 5.69 Å². The van der Waals surface area contributed by atoms with E-state index >= 15 is 0 Å². The summed E-state index contributed by atoms with van der Waals surface area (Å²) in [5.74, 6) is -1.18. The SMILES string of the molecule is Fc1cc(F)cc(Nc2ccccc2)c1. The summed E-state index contributed by atoms with van der Waals surface area (Å²) in [7, 11) is 0. The molecule has 2 aromatic carbocycles. The Balaban J connectivity index is 2.25. The smallest absolute Gasteiger partial charge is 0.128 e. The fraction of sp³-hybridized carbons (Fsp3) is 0. The first-order valence-electron chi connectivity index (χ1n) is 4.52. The first kappa shape index (κ1) is 9.65. The fourth-order valence-electron chi connectivity index (χ4n) is 1.31. The Morgan fingerprint density at radius 1 is 0.733 bits per heavy atom. The van der Waals surface area contributed by atoms with Crippen LogP contribution in [0.15, 0.2) is 48.5 Å². The molecular formula is C12H9F2N. The first-order valence-corrected chi connectivity index (χ1v) is 4.52. The highest BCUT2D eigenvalue weighted by atomic mass is 19.1. The van der Waals surface area contributed by atoms with Crippen LogP contribution in [0.4, 0.5) is 20.2 Å². The number of benzene rings is 2. The van der Waals surface area contributed by atoms with Crippen molar-refractivity contribution < 1.29 is 8.78 Å². The Morgan fingerprint density at radius 3 is 1.93 bits per heavy atom. The van der Waals surface area contributed by atoms with Crippen molar-refractivity contribution in [2.24, 2.45) is 0 Å². The van der Waals surface area contributed by atoms with Gasteiger partial charge in [0.25, 0.3) is 0 Å². The zero-order valence-corrected chi connectivity index (χ0v) is 7.87. The van der Waals surface area contributed by atoms with E-state index in [1.54, 1.807) is 0 Å². The number of nitrogens with one attached hydrogen (secondary N) is 1. The normalized spacial score (nSPS) is 10.0. The summed E-state index contributed by atoms with van der Waals surface area (Å²) >= 11 is 0. The van der Waals surface area contributed by atoms with Crippen molar-refractivity contribution in [3.05, 3.63) is 60.2 Å². The quantitative estimate of drug-likeness (QED) is 0.788. The van der Waals surface area contributed by atoms with E-state index in [2.05, 4.69) is 5.32 Å². The van der Waals surface area contributed by atoms with E-state index in [1.807, 2.05) is 30.3 Å². The summed E-state index contributed by atoms with van der Waals surface area (Å²) in [5, 5.41) is 2.91. The second kappa shape index (κ2) is 4.09. The monoisotopic (exact) mass is 205 g/mol. The minimum atomic E-state index is -0.589. The minimum Gasteiger partial charge on any atom is -0.355 e. The summed E-state index contributed by atoms with van der Waals surface area (Å²) in [6.45, 7) is 0. The van der Waals surface area contributed by atoms with Gasteiger partial charge in [0.05, 0.1) is 0 Å². The van der Waals surface area contributed by atoms with Crippen molar-refractivity contribution in [2.75, 3.05) is 5.32 Å². The van der Waals surface area contributed by atoms with Crippen LogP contribution in [0.3, 0.4) is 0 Å². The van der Waals surface area contributed by atoms with Crippen LogP contribution in [-0.4, -0.2) is 0 Å². The van der Waals surface area contributed by atoms with Crippen molar-refractivity contribution in [3.8, 4) is 0 Å². The van der Waals surface area contributed by atoms with Gasteiger partial charge in [-0.15, -0.1) is 0 Å². The number of halogens is 2. The average molecular weight is 205 g/mol. The number of rotatable bonds is 2. The van der Waals surface area contributed by atoms with Crippen molar-refractivity contribution >= 4 is 11.4 Å². The van der Waals surface area contributed by atoms with Crippen LogP contribution >= 0.6 is 0 Å². The van der Waals surface area contributed by atoms with Crippen LogP contribution in [0.25, 0.3) is 0 Å². The van der Waals surface area contributed by atoms with Gasteiger partial charge >= 0.3 is 0 Å². The molecule has 0 saturated heterocycles. The first-order chi connectivity index (χ1) is 7.24. The molecule has 0 aromatic heterocycles. The summed E-state index contributed by atoms with van der Waals surface area (Å²) in [5.41, 5.74) is 1.20. The third-order valence-electron chi connectivity index (χ3n) is 1.93. The highest BCUT2D eigenvalue weighted by Crippen LogP contribution is 2.18. The molecule has 76 valence electrons. The molecule has 15 heavy (non-hydrogen) atoms. The molecule has 0 unspecified atom stereocenters. The summed E-state index contributed by atoms with van der Waals surface area (Å²) in [4.78, 5) is 0. The van der Waals surface area contributed by atoms with E-state index in [4.69, 9.17) is 0 Å². The van der Waals surface area contributed by atoms with Crippen molar-refractivity contribution in [1.82, 2.24) is 0 Å². The second-order valence-electron chi connectivity index (χ2n) is 3.15. The van der Waals surface area contributed by atoms with Crippen LogP contribution < -0.4 is 5.32 Å². The zero-order valence-electron chi connectivity index (χ0n) is 7.87. The Hall–Kier alpha value is -1.90. The third kappa shape index (κ3) is 2.53. The molecule has 0 bridgehead atoms. The average Bonchev–Trinajstić information content (AvgIpc) is 2.17. The van der Waals surface area contributed by atoms with Gasteiger partial charge in [0.1, 0.15) is 11.6 Å². The van der Waals surface area contributed by atoms with Crippen LogP contribution in [0.1, 0.15) is 0 Å². The molecule has 0 amide bonds. The number of anilines is 2. The molecule has 0 radical (unpaired) electrons. The van der Waals surface area contributed by atoms with Gasteiger partial charge in [-0.3, -0.25) is 0 Å². The van der Waals surface area contributed by atoms with Crippen LogP contribution in [-0.2, 0) is 0 Å². The maximum absolute atomic E-state index is 12.9. The van der Waals surface area contributed by atoms with Crippen molar-refractivity contribution in [1.29, 1.82) is 0 Å². The maximum atomic E-state index is 12.9. The maximum Gasteiger partial charge on any atom is 0.128 e. The van der Waals surface area contributed by atoms with Gasteiger partial charge in [-0.25, -0.2) is 8.78 Å². The van der Waals surface area contributed by atoms with E-state index < -0.39 is 11.6 Å². The van der Waals surface area contributed by atoms with Gasteiger partial charge in [-0.05, 0) is 24.3 Å². The molecule has 0 atom stereocenters. The summed E-state index contributed by atoms with van der Waals surface area (Å²) in [6.07, 6.45) is 0. The molecule has 1 nitrogen and oxygen atoms in total. The lowest BCUT2D eigenvalue weighted by atomic mass is 10.2. The fourth-order valence-corrected chi connectivity index (χ4v) is 1.31. The second-order valence-corrected chi connectivity index (χ2v) is 3.15.